The van der Waals surface area contributed by atoms with Gasteiger partial charge in [0.2, 0.25) is 0 Å². The summed E-state index contributed by atoms with van der Waals surface area (Å²) in [5.74, 6) is 0.253. The third-order valence-electron chi connectivity index (χ3n) is 3.45. The monoisotopic (exact) mass is 267 g/mol. The van der Waals surface area contributed by atoms with E-state index >= 15 is 0 Å². The van der Waals surface area contributed by atoms with Crippen molar-refractivity contribution in [3.63, 3.8) is 0 Å². The van der Waals surface area contributed by atoms with E-state index in [9.17, 15) is 4.79 Å². The number of hydrogen-bond acceptors (Lipinski definition) is 5. The van der Waals surface area contributed by atoms with Crippen molar-refractivity contribution in [1.82, 2.24) is 4.98 Å². The van der Waals surface area contributed by atoms with Crippen molar-refractivity contribution >= 4 is 22.4 Å². The molecule has 98 valence electrons. The van der Waals surface area contributed by atoms with Gasteiger partial charge in [0.15, 0.2) is 5.13 Å². The van der Waals surface area contributed by atoms with Crippen LogP contribution in [-0.4, -0.2) is 36.2 Å². The molecular formula is C12H17N3O2S. The molecule has 2 fully saturated rings. The first-order chi connectivity index (χ1) is 8.63. The zero-order valence-electron chi connectivity index (χ0n) is 10.3. The minimum absolute atomic E-state index is 0.213. The average Bonchev–Trinajstić information content (AvgIpc) is 3.05. The molecule has 2 N–H and O–H groups in total. The van der Waals surface area contributed by atoms with Gasteiger partial charge in [-0.2, -0.15) is 0 Å². The smallest absolute Gasteiger partial charge is 0.268 e. The Labute approximate surface area is 110 Å². The summed E-state index contributed by atoms with van der Waals surface area (Å²) in [5.41, 5.74) is 5.59. The molecule has 5 nitrogen and oxygen atoms in total. The Morgan fingerprint density at radius 2 is 2.33 bits per heavy atom. The number of carbonyl (C=O) groups excluding carboxylic acids is 1. The van der Waals surface area contributed by atoms with Gasteiger partial charge < -0.3 is 15.4 Å². The largest absolute Gasteiger partial charge is 0.371 e. The Morgan fingerprint density at radius 3 is 2.94 bits per heavy atom. The van der Waals surface area contributed by atoms with Gasteiger partial charge in [-0.25, -0.2) is 4.98 Å². The molecule has 0 unspecified atom stereocenters. The fourth-order valence-electron chi connectivity index (χ4n) is 2.39. The SMILES string of the molecule is C[C@H]1CN(c2nc(C(N)=O)cs2)C[C@H](C2CC2)O1. The van der Waals surface area contributed by atoms with Crippen LogP contribution in [0.2, 0.25) is 0 Å². The van der Waals surface area contributed by atoms with Gasteiger partial charge in [-0.1, -0.05) is 0 Å². The van der Waals surface area contributed by atoms with Crippen LogP contribution in [0.3, 0.4) is 0 Å². The van der Waals surface area contributed by atoms with Crippen molar-refractivity contribution in [3.05, 3.63) is 11.1 Å². The lowest BCUT2D eigenvalue weighted by Crippen LogP contribution is -2.47. The van der Waals surface area contributed by atoms with Crippen molar-refractivity contribution in [2.24, 2.45) is 11.7 Å². The Bertz CT molecular complexity index is 458. The van der Waals surface area contributed by atoms with Gasteiger partial charge in [-0.15, -0.1) is 11.3 Å². The lowest BCUT2D eigenvalue weighted by atomic mass is 10.1. The maximum Gasteiger partial charge on any atom is 0.268 e. The van der Waals surface area contributed by atoms with Crippen LogP contribution in [0.25, 0.3) is 0 Å². The standard InChI is InChI=1S/C12H17N3O2S/c1-7-4-15(5-10(17-7)8-2-3-8)12-14-9(6-18-12)11(13)16/h6-8,10H,2-5H2,1H3,(H2,13,16)/t7-,10+/m0/s1. The number of hydrogen-bond donors (Lipinski definition) is 1. The number of carbonyl (C=O) groups is 1. The number of anilines is 1. The predicted octanol–water partition coefficient (Wildman–Crippen LogP) is 1.25. The molecule has 1 aromatic heterocycles. The maximum absolute atomic E-state index is 11.1. The Kier molecular flexibility index (Phi) is 2.99. The van der Waals surface area contributed by atoms with E-state index in [0.29, 0.717) is 17.7 Å². The zero-order chi connectivity index (χ0) is 12.7. The Morgan fingerprint density at radius 1 is 1.56 bits per heavy atom. The molecule has 1 aliphatic carbocycles. The van der Waals surface area contributed by atoms with Crippen molar-refractivity contribution in [2.45, 2.75) is 32.0 Å². The molecule has 2 aliphatic rings. The van der Waals surface area contributed by atoms with Gasteiger partial charge in [0.05, 0.1) is 12.2 Å². The van der Waals surface area contributed by atoms with E-state index in [4.69, 9.17) is 10.5 Å². The van der Waals surface area contributed by atoms with Crippen LogP contribution in [-0.2, 0) is 4.74 Å². The third kappa shape index (κ3) is 2.35. The van der Waals surface area contributed by atoms with Gasteiger partial charge in [-0.3, -0.25) is 4.79 Å². The van der Waals surface area contributed by atoms with Gasteiger partial charge in [-0.05, 0) is 25.7 Å². The molecule has 2 heterocycles. The molecule has 0 radical (unpaired) electrons. The third-order valence-corrected chi connectivity index (χ3v) is 4.35. The number of nitrogens with zero attached hydrogens (tertiary/aromatic N) is 2. The molecule has 18 heavy (non-hydrogen) atoms. The molecule has 3 rings (SSSR count). The van der Waals surface area contributed by atoms with Gasteiger partial charge in [0.1, 0.15) is 5.69 Å². The first-order valence-electron chi connectivity index (χ1n) is 6.29. The molecule has 1 saturated carbocycles. The first kappa shape index (κ1) is 11.9. The normalized spacial score (nSPS) is 28.4. The second kappa shape index (κ2) is 4.51. The van der Waals surface area contributed by atoms with Crippen molar-refractivity contribution in [1.29, 1.82) is 0 Å². The molecule has 1 saturated heterocycles. The number of primary amides is 1. The number of ether oxygens (including phenoxy) is 1. The number of aromatic nitrogens is 1. The molecule has 0 spiro atoms. The van der Waals surface area contributed by atoms with Crippen LogP contribution < -0.4 is 10.6 Å². The summed E-state index contributed by atoms with van der Waals surface area (Å²) < 4.78 is 5.96. The van der Waals surface area contributed by atoms with Crippen LogP contribution in [0.5, 0.6) is 0 Å². The minimum Gasteiger partial charge on any atom is -0.371 e. The van der Waals surface area contributed by atoms with Crippen molar-refractivity contribution in [3.8, 4) is 0 Å². The molecule has 1 aromatic rings. The summed E-state index contributed by atoms with van der Waals surface area (Å²) in [4.78, 5) is 17.6. The van der Waals surface area contributed by atoms with E-state index in [1.54, 1.807) is 5.38 Å². The zero-order valence-corrected chi connectivity index (χ0v) is 11.2. The second-order valence-electron chi connectivity index (χ2n) is 5.11. The molecule has 1 aliphatic heterocycles. The van der Waals surface area contributed by atoms with E-state index < -0.39 is 5.91 Å². The number of amides is 1. The van der Waals surface area contributed by atoms with E-state index in [2.05, 4.69) is 16.8 Å². The summed E-state index contributed by atoms with van der Waals surface area (Å²) >= 11 is 1.48. The van der Waals surface area contributed by atoms with Crippen LogP contribution in [0.4, 0.5) is 5.13 Å². The number of nitrogens with two attached hydrogens (primary N) is 1. The van der Waals surface area contributed by atoms with Crippen LogP contribution in [0.15, 0.2) is 5.38 Å². The Balaban J connectivity index is 1.75. The molecule has 1 amide bonds. The van der Waals surface area contributed by atoms with Gasteiger partial charge in [0, 0.05) is 18.5 Å². The highest BCUT2D eigenvalue weighted by molar-refractivity contribution is 7.13. The maximum atomic E-state index is 11.1. The average molecular weight is 267 g/mol. The highest BCUT2D eigenvalue weighted by atomic mass is 32.1. The molecule has 0 bridgehead atoms. The fraction of sp³-hybridized carbons (Fsp3) is 0.667. The first-order valence-corrected chi connectivity index (χ1v) is 7.17. The number of morpholine rings is 1. The fourth-order valence-corrected chi connectivity index (χ4v) is 3.23. The summed E-state index contributed by atoms with van der Waals surface area (Å²) in [6.45, 7) is 3.79. The molecular weight excluding hydrogens is 250 g/mol. The van der Waals surface area contributed by atoms with E-state index in [1.165, 1.54) is 24.2 Å². The van der Waals surface area contributed by atoms with Crippen molar-refractivity contribution < 1.29 is 9.53 Å². The highest BCUT2D eigenvalue weighted by Gasteiger charge is 2.37. The van der Waals surface area contributed by atoms with Crippen LogP contribution >= 0.6 is 11.3 Å². The van der Waals surface area contributed by atoms with Crippen LogP contribution in [0.1, 0.15) is 30.3 Å². The van der Waals surface area contributed by atoms with Gasteiger partial charge in [0.25, 0.3) is 5.91 Å². The van der Waals surface area contributed by atoms with E-state index in [1.807, 2.05) is 0 Å². The lowest BCUT2D eigenvalue weighted by Gasteiger charge is -2.36. The second-order valence-corrected chi connectivity index (χ2v) is 5.94. The predicted molar refractivity (Wildman–Crippen MR) is 69.9 cm³/mol. The van der Waals surface area contributed by atoms with Crippen molar-refractivity contribution in [2.75, 3.05) is 18.0 Å². The number of thiazole rings is 1. The molecule has 2 atom stereocenters. The summed E-state index contributed by atoms with van der Waals surface area (Å²) in [6, 6.07) is 0. The van der Waals surface area contributed by atoms with E-state index in [0.717, 1.165) is 18.2 Å². The topological polar surface area (TPSA) is 68.5 Å². The van der Waals surface area contributed by atoms with Gasteiger partial charge >= 0.3 is 0 Å². The van der Waals surface area contributed by atoms with E-state index in [-0.39, 0.29) is 6.10 Å². The summed E-state index contributed by atoms with van der Waals surface area (Å²) in [7, 11) is 0. The summed E-state index contributed by atoms with van der Waals surface area (Å²) in [5, 5.41) is 2.61. The summed E-state index contributed by atoms with van der Waals surface area (Å²) in [6.07, 6.45) is 3.07. The van der Waals surface area contributed by atoms with Crippen LogP contribution in [0, 0.1) is 5.92 Å². The highest BCUT2D eigenvalue weighted by Crippen LogP contribution is 2.37. The Hall–Kier alpha value is -1.14. The molecule has 0 aromatic carbocycles. The minimum atomic E-state index is -0.461. The quantitative estimate of drug-likeness (QED) is 0.895. The number of rotatable bonds is 3. The molecule has 6 heteroatoms. The lowest BCUT2D eigenvalue weighted by molar-refractivity contribution is -0.0271.